The number of piperazine rings is 1. The molecule has 1 saturated heterocycles. The molecule has 1 aliphatic rings. The Hall–Kier alpha value is -1.59. The van der Waals surface area contributed by atoms with Gasteiger partial charge in [-0.3, -0.25) is 9.69 Å². The molecular formula is C19H32N4O. The first-order valence-electron chi connectivity index (χ1n) is 8.93. The number of nitrogens with zero attached hydrogens (tertiary/aromatic N) is 2. The van der Waals surface area contributed by atoms with Gasteiger partial charge in [0.1, 0.15) is 0 Å². The zero-order valence-electron chi connectivity index (χ0n) is 15.3. The maximum atomic E-state index is 12.0. The molecule has 1 aromatic rings. The quantitative estimate of drug-likeness (QED) is 0.778. The Labute approximate surface area is 146 Å². The van der Waals surface area contributed by atoms with Crippen LogP contribution in [0.15, 0.2) is 30.3 Å². The highest BCUT2D eigenvalue weighted by atomic mass is 16.2. The Balaban J connectivity index is 1.62. The number of carbonyl (C=O) groups is 1. The second kappa shape index (κ2) is 8.49. The number of nitrogens with one attached hydrogen (secondary N) is 1. The van der Waals surface area contributed by atoms with Gasteiger partial charge in [-0.15, -0.1) is 0 Å². The lowest BCUT2D eigenvalue weighted by atomic mass is 9.87. The number of amides is 1. The van der Waals surface area contributed by atoms with Crippen molar-refractivity contribution in [2.45, 2.75) is 33.2 Å². The van der Waals surface area contributed by atoms with Crippen molar-refractivity contribution in [1.82, 2.24) is 10.2 Å². The van der Waals surface area contributed by atoms with E-state index >= 15 is 0 Å². The molecule has 0 aromatic heterocycles. The van der Waals surface area contributed by atoms with Crippen molar-refractivity contribution in [2.24, 2.45) is 11.1 Å². The number of anilines is 1. The molecule has 5 nitrogen and oxygen atoms in total. The van der Waals surface area contributed by atoms with E-state index < -0.39 is 6.04 Å². The standard InChI is InChI=1S/C19H32N4O/c1-19(2,3)17(20)18(24)21-10-7-11-22-12-14-23(15-13-22)16-8-5-4-6-9-16/h4-6,8-9,17H,7,10-15,20H2,1-3H3,(H,21,24)/t17-/m1/s1. The third-order valence-corrected chi connectivity index (χ3v) is 4.66. The molecule has 0 bridgehead atoms. The van der Waals surface area contributed by atoms with Gasteiger partial charge in [-0.05, 0) is 30.5 Å². The van der Waals surface area contributed by atoms with Crippen molar-refractivity contribution in [3.05, 3.63) is 30.3 Å². The predicted octanol–water partition coefficient (Wildman–Crippen LogP) is 1.69. The van der Waals surface area contributed by atoms with Crippen molar-refractivity contribution in [2.75, 3.05) is 44.2 Å². The minimum Gasteiger partial charge on any atom is -0.369 e. The molecule has 0 radical (unpaired) electrons. The number of para-hydroxylation sites is 1. The van der Waals surface area contributed by atoms with E-state index in [4.69, 9.17) is 5.73 Å². The van der Waals surface area contributed by atoms with Crippen LogP contribution in [0.2, 0.25) is 0 Å². The van der Waals surface area contributed by atoms with Crippen LogP contribution in [-0.2, 0) is 4.79 Å². The van der Waals surface area contributed by atoms with Crippen LogP contribution in [0.4, 0.5) is 5.69 Å². The molecule has 134 valence electrons. The van der Waals surface area contributed by atoms with Crippen molar-refractivity contribution >= 4 is 11.6 Å². The van der Waals surface area contributed by atoms with Gasteiger partial charge in [0.2, 0.25) is 5.91 Å². The van der Waals surface area contributed by atoms with Crippen molar-refractivity contribution in [3.63, 3.8) is 0 Å². The van der Waals surface area contributed by atoms with E-state index in [1.54, 1.807) is 0 Å². The second-order valence-corrected chi connectivity index (χ2v) is 7.65. The number of hydrogen-bond donors (Lipinski definition) is 2. The summed E-state index contributed by atoms with van der Waals surface area (Å²) in [5.74, 6) is -0.0450. The van der Waals surface area contributed by atoms with Crippen molar-refractivity contribution < 1.29 is 4.79 Å². The van der Waals surface area contributed by atoms with Gasteiger partial charge in [0.15, 0.2) is 0 Å². The van der Waals surface area contributed by atoms with E-state index in [2.05, 4.69) is 45.4 Å². The molecular weight excluding hydrogens is 300 g/mol. The Morgan fingerprint density at radius 1 is 1.17 bits per heavy atom. The number of rotatable bonds is 6. The third-order valence-electron chi connectivity index (χ3n) is 4.66. The van der Waals surface area contributed by atoms with E-state index in [0.717, 1.165) is 39.1 Å². The van der Waals surface area contributed by atoms with Crippen LogP contribution in [0.1, 0.15) is 27.2 Å². The lowest BCUT2D eigenvalue weighted by molar-refractivity contribution is -0.124. The van der Waals surface area contributed by atoms with E-state index in [1.165, 1.54) is 5.69 Å². The summed E-state index contributed by atoms with van der Waals surface area (Å²) in [6.45, 7) is 12.0. The number of carbonyl (C=O) groups excluding carboxylic acids is 1. The number of hydrogen-bond acceptors (Lipinski definition) is 4. The van der Waals surface area contributed by atoms with Gasteiger partial charge in [-0.1, -0.05) is 39.0 Å². The third kappa shape index (κ3) is 5.49. The Bertz CT molecular complexity index is 504. The first kappa shape index (κ1) is 18.7. The maximum Gasteiger partial charge on any atom is 0.237 e. The van der Waals surface area contributed by atoms with E-state index in [0.29, 0.717) is 6.54 Å². The summed E-state index contributed by atoms with van der Waals surface area (Å²) in [4.78, 5) is 16.9. The second-order valence-electron chi connectivity index (χ2n) is 7.65. The Morgan fingerprint density at radius 3 is 2.38 bits per heavy atom. The lowest BCUT2D eigenvalue weighted by Gasteiger charge is -2.36. The van der Waals surface area contributed by atoms with Gasteiger partial charge in [0.05, 0.1) is 6.04 Å². The first-order chi connectivity index (χ1) is 11.4. The highest BCUT2D eigenvalue weighted by molar-refractivity contribution is 5.82. The zero-order valence-corrected chi connectivity index (χ0v) is 15.3. The van der Waals surface area contributed by atoms with Crippen LogP contribution in [0.3, 0.4) is 0 Å². The average molecular weight is 332 g/mol. The van der Waals surface area contributed by atoms with Gasteiger partial charge in [-0.25, -0.2) is 0 Å². The molecule has 1 fully saturated rings. The van der Waals surface area contributed by atoms with E-state index in [-0.39, 0.29) is 11.3 Å². The van der Waals surface area contributed by atoms with Crippen LogP contribution in [0.25, 0.3) is 0 Å². The molecule has 1 atom stereocenters. The van der Waals surface area contributed by atoms with Crippen LogP contribution in [0, 0.1) is 5.41 Å². The highest BCUT2D eigenvalue weighted by Gasteiger charge is 2.27. The van der Waals surface area contributed by atoms with Gasteiger partial charge in [0.25, 0.3) is 0 Å². The molecule has 0 unspecified atom stereocenters. The molecule has 0 aliphatic carbocycles. The Morgan fingerprint density at radius 2 is 1.79 bits per heavy atom. The maximum absolute atomic E-state index is 12.0. The molecule has 1 amide bonds. The highest BCUT2D eigenvalue weighted by Crippen LogP contribution is 2.17. The molecule has 0 saturated carbocycles. The molecule has 1 aliphatic heterocycles. The zero-order chi connectivity index (χ0) is 17.6. The fourth-order valence-corrected chi connectivity index (χ4v) is 2.89. The average Bonchev–Trinajstić information content (AvgIpc) is 2.58. The van der Waals surface area contributed by atoms with Crippen LogP contribution in [0.5, 0.6) is 0 Å². The number of nitrogens with two attached hydrogens (primary N) is 1. The van der Waals surface area contributed by atoms with Gasteiger partial charge in [-0.2, -0.15) is 0 Å². The summed E-state index contributed by atoms with van der Waals surface area (Å²) in [6, 6.07) is 10.1. The lowest BCUT2D eigenvalue weighted by Crippen LogP contribution is -2.49. The topological polar surface area (TPSA) is 61.6 Å². The monoisotopic (exact) mass is 332 g/mol. The largest absolute Gasteiger partial charge is 0.369 e. The summed E-state index contributed by atoms with van der Waals surface area (Å²) in [6.07, 6.45) is 0.966. The SMILES string of the molecule is CC(C)(C)[C@H](N)C(=O)NCCCN1CCN(c2ccccc2)CC1. The molecule has 0 spiro atoms. The number of benzene rings is 1. The molecule has 1 heterocycles. The molecule has 24 heavy (non-hydrogen) atoms. The summed E-state index contributed by atoms with van der Waals surface area (Å²) in [5, 5.41) is 2.96. The van der Waals surface area contributed by atoms with E-state index in [1.807, 2.05) is 20.8 Å². The molecule has 3 N–H and O–H groups in total. The van der Waals surface area contributed by atoms with Crippen LogP contribution >= 0.6 is 0 Å². The smallest absolute Gasteiger partial charge is 0.237 e. The van der Waals surface area contributed by atoms with Gasteiger partial charge in [0, 0.05) is 38.4 Å². The fraction of sp³-hybridized carbons (Fsp3) is 0.632. The predicted molar refractivity (Wildman–Crippen MR) is 100 cm³/mol. The van der Waals surface area contributed by atoms with Crippen molar-refractivity contribution in [3.8, 4) is 0 Å². The normalized spacial score (nSPS) is 17.6. The summed E-state index contributed by atoms with van der Waals surface area (Å²) >= 11 is 0. The minimum absolute atomic E-state index is 0.0450. The van der Waals surface area contributed by atoms with E-state index in [9.17, 15) is 4.79 Å². The molecule has 1 aromatic carbocycles. The summed E-state index contributed by atoms with van der Waals surface area (Å²) in [7, 11) is 0. The minimum atomic E-state index is -0.452. The van der Waals surface area contributed by atoms with Crippen LogP contribution < -0.4 is 16.0 Å². The molecule has 2 rings (SSSR count). The van der Waals surface area contributed by atoms with Gasteiger partial charge < -0.3 is 16.0 Å². The first-order valence-corrected chi connectivity index (χ1v) is 8.93. The fourth-order valence-electron chi connectivity index (χ4n) is 2.89. The summed E-state index contributed by atoms with van der Waals surface area (Å²) < 4.78 is 0. The van der Waals surface area contributed by atoms with Crippen molar-refractivity contribution in [1.29, 1.82) is 0 Å². The summed E-state index contributed by atoms with van der Waals surface area (Å²) in [5.41, 5.74) is 7.07. The molecule has 5 heteroatoms. The van der Waals surface area contributed by atoms with Crippen LogP contribution in [-0.4, -0.2) is 56.1 Å². The van der Waals surface area contributed by atoms with Gasteiger partial charge >= 0.3 is 0 Å². The Kier molecular flexibility index (Phi) is 6.63.